The van der Waals surface area contributed by atoms with Gasteiger partial charge in [0.1, 0.15) is 0 Å². The molecule has 2 aliphatic heterocycles. The average molecular weight is 301 g/mol. The highest BCUT2D eigenvalue weighted by molar-refractivity contribution is 7.99. The zero-order valence-electron chi connectivity index (χ0n) is 14.6. The van der Waals surface area contributed by atoms with Gasteiger partial charge in [0.25, 0.3) is 0 Å². The summed E-state index contributed by atoms with van der Waals surface area (Å²) in [5, 5.41) is 0. The van der Waals surface area contributed by atoms with Crippen molar-refractivity contribution >= 4 is 11.8 Å². The smallest absolute Gasteiger partial charge is 0.0499 e. The van der Waals surface area contributed by atoms with E-state index in [1.807, 2.05) is 0 Å². The predicted octanol–water partition coefficient (Wildman–Crippen LogP) is 5.63. The van der Waals surface area contributed by atoms with Gasteiger partial charge in [-0.05, 0) is 59.9 Å². The van der Waals surface area contributed by atoms with Crippen molar-refractivity contribution in [3.8, 4) is 0 Å². The second-order valence-electron chi connectivity index (χ2n) is 8.53. The maximum atomic E-state index is 5.41. The minimum Gasteiger partial charge on any atom is -0.381 e. The van der Waals surface area contributed by atoms with Crippen LogP contribution in [-0.2, 0) is 4.74 Å². The van der Waals surface area contributed by atoms with Gasteiger partial charge in [-0.1, -0.05) is 41.5 Å². The second kappa shape index (κ2) is 8.08. The van der Waals surface area contributed by atoms with Crippen LogP contribution in [-0.4, -0.2) is 24.7 Å². The fourth-order valence-electron chi connectivity index (χ4n) is 2.99. The normalized spacial score (nSPS) is 25.8. The Morgan fingerprint density at radius 3 is 1.65 bits per heavy atom. The van der Waals surface area contributed by atoms with Crippen molar-refractivity contribution in [1.29, 1.82) is 0 Å². The predicted molar refractivity (Wildman–Crippen MR) is 92.5 cm³/mol. The second-order valence-corrected chi connectivity index (χ2v) is 9.76. The molecule has 2 heteroatoms. The minimum absolute atomic E-state index is 0.445. The first-order valence-corrected chi connectivity index (χ1v) is 9.52. The fraction of sp³-hybridized carbons (Fsp3) is 1.00. The van der Waals surface area contributed by atoms with Crippen LogP contribution in [0, 0.1) is 22.7 Å². The lowest BCUT2D eigenvalue weighted by Crippen LogP contribution is -2.29. The Labute approximate surface area is 131 Å². The zero-order valence-corrected chi connectivity index (χ0v) is 15.4. The molecule has 120 valence electrons. The standard InChI is InChI=1S/C9H18O.C9H18S/c1-9(2,3)8-5-4-6-10-7-8;1-9(2,3)8-4-6-10-7-5-8/h2*8H,4-7H2,1-3H3. The third-order valence-electron chi connectivity index (χ3n) is 4.83. The summed E-state index contributed by atoms with van der Waals surface area (Å²) in [6, 6.07) is 0. The first-order chi connectivity index (χ1) is 9.21. The van der Waals surface area contributed by atoms with Crippen molar-refractivity contribution in [3.05, 3.63) is 0 Å². The topological polar surface area (TPSA) is 9.23 Å². The molecule has 0 N–H and O–H groups in total. The SMILES string of the molecule is CC(C)(C)C1CCCOC1.CC(C)(C)C1CCSCC1. The van der Waals surface area contributed by atoms with E-state index < -0.39 is 0 Å². The molecule has 0 spiro atoms. The van der Waals surface area contributed by atoms with Crippen LogP contribution in [0.2, 0.25) is 0 Å². The highest BCUT2D eigenvalue weighted by atomic mass is 32.2. The van der Waals surface area contributed by atoms with Crippen LogP contribution in [0.25, 0.3) is 0 Å². The summed E-state index contributed by atoms with van der Waals surface area (Å²) in [4.78, 5) is 0. The van der Waals surface area contributed by atoms with Crippen LogP contribution in [0.4, 0.5) is 0 Å². The number of hydrogen-bond donors (Lipinski definition) is 0. The Kier molecular flexibility index (Phi) is 7.41. The van der Waals surface area contributed by atoms with Gasteiger partial charge in [-0.2, -0.15) is 11.8 Å². The Morgan fingerprint density at radius 1 is 0.800 bits per heavy atom. The van der Waals surface area contributed by atoms with Crippen LogP contribution < -0.4 is 0 Å². The summed E-state index contributed by atoms with van der Waals surface area (Å²) >= 11 is 2.11. The van der Waals surface area contributed by atoms with E-state index in [1.54, 1.807) is 0 Å². The summed E-state index contributed by atoms with van der Waals surface area (Å²) in [7, 11) is 0. The highest BCUT2D eigenvalue weighted by Crippen LogP contribution is 2.36. The van der Waals surface area contributed by atoms with Gasteiger partial charge in [-0.3, -0.25) is 0 Å². The third kappa shape index (κ3) is 6.85. The van der Waals surface area contributed by atoms with E-state index in [9.17, 15) is 0 Å². The summed E-state index contributed by atoms with van der Waals surface area (Å²) in [5.41, 5.74) is 1.00. The molecule has 0 saturated carbocycles. The van der Waals surface area contributed by atoms with E-state index in [2.05, 4.69) is 53.3 Å². The molecule has 1 unspecified atom stereocenters. The number of ether oxygens (including phenoxy) is 1. The molecule has 2 heterocycles. The number of hydrogen-bond acceptors (Lipinski definition) is 2. The lowest BCUT2D eigenvalue weighted by Gasteiger charge is -2.33. The average Bonchev–Trinajstić information content (AvgIpc) is 2.40. The summed E-state index contributed by atoms with van der Waals surface area (Å²) in [6.45, 7) is 16.0. The molecular formula is C18H36OS. The molecule has 0 aromatic carbocycles. The number of rotatable bonds is 0. The molecule has 0 amide bonds. The lowest BCUT2D eigenvalue weighted by atomic mass is 9.77. The van der Waals surface area contributed by atoms with E-state index in [4.69, 9.17) is 4.74 Å². The molecule has 0 aliphatic carbocycles. The Morgan fingerprint density at radius 2 is 1.35 bits per heavy atom. The number of thioether (sulfide) groups is 1. The van der Waals surface area contributed by atoms with Crippen molar-refractivity contribution in [2.75, 3.05) is 24.7 Å². The van der Waals surface area contributed by atoms with Crippen LogP contribution in [0.5, 0.6) is 0 Å². The quantitative estimate of drug-likeness (QED) is 0.573. The molecule has 1 nitrogen and oxygen atoms in total. The first kappa shape index (κ1) is 18.4. The van der Waals surface area contributed by atoms with Crippen LogP contribution in [0.15, 0.2) is 0 Å². The fourth-order valence-corrected chi connectivity index (χ4v) is 4.09. The molecule has 2 aliphatic rings. The van der Waals surface area contributed by atoms with E-state index in [1.165, 1.54) is 37.2 Å². The minimum atomic E-state index is 0.445. The maximum absolute atomic E-state index is 5.41. The molecule has 2 fully saturated rings. The molecule has 0 aromatic rings. The lowest BCUT2D eigenvalue weighted by molar-refractivity contribution is 0.0103. The summed E-state index contributed by atoms with van der Waals surface area (Å²) in [6.07, 6.45) is 5.48. The van der Waals surface area contributed by atoms with Gasteiger partial charge in [-0.15, -0.1) is 0 Å². The van der Waals surface area contributed by atoms with Gasteiger partial charge in [0.2, 0.25) is 0 Å². The van der Waals surface area contributed by atoms with E-state index in [0.717, 1.165) is 25.0 Å². The Hall–Kier alpha value is 0.310. The molecule has 0 bridgehead atoms. The third-order valence-corrected chi connectivity index (χ3v) is 5.88. The van der Waals surface area contributed by atoms with Gasteiger partial charge in [0.05, 0.1) is 0 Å². The molecule has 1 atom stereocenters. The van der Waals surface area contributed by atoms with Crippen LogP contribution >= 0.6 is 11.8 Å². The molecule has 2 rings (SSSR count). The molecule has 20 heavy (non-hydrogen) atoms. The van der Waals surface area contributed by atoms with E-state index in [0.29, 0.717) is 10.8 Å². The highest BCUT2D eigenvalue weighted by Gasteiger charge is 2.26. The van der Waals surface area contributed by atoms with E-state index in [-0.39, 0.29) is 0 Å². The van der Waals surface area contributed by atoms with Crippen molar-refractivity contribution < 1.29 is 4.74 Å². The van der Waals surface area contributed by atoms with Crippen molar-refractivity contribution in [2.24, 2.45) is 22.7 Å². The van der Waals surface area contributed by atoms with Gasteiger partial charge in [0.15, 0.2) is 0 Å². The first-order valence-electron chi connectivity index (χ1n) is 8.37. The van der Waals surface area contributed by atoms with Crippen LogP contribution in [0.3, 0.4) is 0 Å². The van der Waals surface area contributed by atoms with Crippen molar-refractivity contribution in [2.45, 2.75) is 67.2 Å². The molecule has 0 radical (unpaired) electrons. The van der Waals surface area contributed by atoms with Crippen molar-refractivity contribution in [3.63, 3.8) is 0 Å². The summed E-state index contributed by atoms with van der Waals surface area (Å²) < 4.78 is 5.41. The summed E-state index contributed by atoms with van der Waals surface area (Å²) in [5.74, 6) is 4.54. The Bertz CT molecular complexity index is 222. The largest absolute Gasteiger partial charge is 0.381 e. The van der Waals surface area contributed by atoms with Gasteiger partial charge >= 0.3 is 0 Å². The monoisotopic (exact) mass is 300 g/mol. The zero-order chi connectivity index (χ0) is 15.2. The van der Waals surface area contributed by atoms with Gasteiger partial charge in [-0.25, -0.2) is 0 Å². The van der Waals surface area contributed by atoms with Crippen molar-refractivity contribution in [1.82, 2.24) is 0 Å². The molecular weight excluding hydrogens is 264 g/mol. The van der Waals surface area contributed by atoms with Gasteiger partial charge < -0.3 is 4.74 Å². The molecule has 2 saturated heterocycles. The Balaban J connectivity index is 0.000000200. The molecule has 0 aromatic heterocycles. The van der Waals surface area contributed by atoms with E-state index >= 15 is 0 Å². The maximum Gasteiger partial charge on any atom is 0.0499 e. The van der Waals surface area contributed by atoms with Gasteiger partial charge in [0, 0.05) is 13.2 Å². The van der Waals surface area contributed by atoms with Crippen LogP contribution in [0.1, 0.15) is 67.2 Å².